The predicted molar refractivity (Wildman–Crippen MR) is 101 cm³/mol. The van der Waals surface area contributed by atoms with Gasteiger partial charge in [0.25, 0.3) is 5.91 Å². The molecular weight excluding hydrogens is 448 g/mol. The minimum absolute atomic E-state index is 0.228. The molecule has 1 amide bonds. The van der Waals surface area contributed by atoms with Gasteiger partial charge in [0, 0.05) is 9.13 Å². The number of anilines is 1. The van der Waals surface area contributed by atoms with Crippen molar-refractivity contribution in [2.24, 2.45) is 0 Å². The number of nitrogens with one attached hydrogen (secondary N) is 1. The molecule has 0 spiro atoms. The van der Waals surface area contributed by atoms with Gasteiger partial charge in [-0.15, -0.1) is 0 Å². The third kappa shape index (κ3) is 3.71. The highest BCUT2D eigenvalue weighted by molar-refractivity contribution is 14.1. The number of para-hydroxylation sites is 1. The van der Waals surface area contributed by atoms with Crippen LogP contribution in [0.5, 0.6) is 0 Å². The van der Waals surface area contributed by atoms with Crippen molar-refractivity contribution in [3.8, 4) is 11.3 Å². The average Bonchev–Trinajstić information content (AvgIpc) is 3.02. The first-order valence-corrected chi connectivity index (χ1v) is 8.49. The Kier molecular flexibility index (Phi) is 4.94. The maximum atomic E-state index is 12.3. The summed E-state index contributed by atoms with van der Waals surface area (Å²) in [6, 6.07) is 16.1. The lowest BCUT2D eigenvalue weighted by Crippen LogP contribution is -2.11. The number of carbonyl (C=O) groups is 1. The molecule has 0 saturated carbocycles. The van der Waals surface area contributed by atoms with E-state index in [1.165, 1.54) is 0 Å². The Labute approximate surface area is 156 Å². The van der Waals surface area contributed by atoms with Crippen LogP contribution >= 0.6 is 45.8 Å². The molecule has 1 aromatic heterocycles. The zero-order chi connectivity index (χ0) is 16.4. The molecule has 0 aliphatic rings. The van der Waals surface area contributed by atoms with Crippen LogP contribution in [0.3, 0.4) is 0 Å². The topological polar surface area (TPSA) is 42.2 Å². The first-order chi connectivity index (χ1) is 11.0. The van der Waals surface area contributed by atoms with Gasteiger partial charge < -0.3 is 9.73 Å². The molecule has 0 fully saturated rings. The first-order valence-electron chi connectivity index (χ1n) is 6.66. The fourth-order valence-corrected chi connectivity index (χ4v) is 2.83. The van der Waals surface area contributed by atoms with Crippen LogP contribution in [0.2, 0.25) is 10.0 Å². The molecule has 0 atom stereocenters. The molecule has 0 aliphatic carbocycles. The lowest BCUT2D eigenvalue weighted by atomic mass is 10.2. The van der Waals surface area contributed by atoms with Crippen LogP contribution in [0.25, 0.3) is 11.3 Å². The van der Waals surface area contributed by atoms with Crippen LogP contribution < -0.4 is 5.32 Å². The van der Waals surface area contributed by atoms with E-state index < -0.39 is 0 Å². The Balaban J connectivity index is 1.82. The highest BCUT2D eigenvalue weighted by Crippen LogP contribution is 2.30. The van der Waals surface area contributed by atoms with Gasteiger partial charge in [0.15, 0.2) is 5.76 Å². The van der Waals surface area contributed by atoms with Crippen LogP contribution in [-0.2, 0) is 0 Å². The molecule has 3 rings (SSSR count). The third-order valence-electron chi connectivity index (χ3n) is 3.16. The Hall–Kier alpha value is -1.50. The lowest BCUT2D eigenvalue weighted by molar-refractivity contribution is 0.0997. The van der Waals surface area contributed by atoms with Gasteiger partial charge >= 0.3 is 0 Å². The summed E-state index contributed by atoms with van der Waals surface area (Å²) >= 11 is 14.1. The first kappa shape index (κ1) is 16.4. The SMILES string of the molecule is O=C(Nc1ccccc1I)c1ccc(-c2ccc(Cl)c(Cl)c2)o1. The van der Waals surface area contributed by atoms with E-state index in [0.717, 1.165) is 14.8 Å². The number of carbonyl (C=O) groups excluding carboxylic acids is 1. The normalized spacial score (nSPS) is 10.6. The Morgan fingerprint density at radius 3 is 2.52 bits per heavy atom. The van der Waals surface area contributed by atoms with Crippen LogP contribution in [0.15, 0.2) is 59.0 Å². The molecule has 0 aliphatic heterocycles. The summed E-state index contributed by atoms with van der Waals surface area (Å²) in [6.07, 6.45) is 0. The standard InChI is InChI=1S/C17H10Cl2INO2/c18-11-6-5-10(9-12(11)19)15-7-8-16(23-15)17(22)21-14-4-2-1-3-13(14)20/h1-9H,(H,21,22). The summed E-state index contributed by atoms with van der Waals surface area (Å²) in [6.45, 7) is 0. The second-order valence-corrected chi connectivity index (χ2v) is 6.70. The van der Waals surface area contributed by atoms with Gasteiger partial charge in [0.05, 0.1) is 15.7 Å². The van der Waals surface area contributed by atoms with E-state index in [0.29, 0.717) is 15.8 Å². The number of rotatable bonds is 3. The fourth-order valence-electron chi connectivity index (χ4n) is 2.01. The van der Waals surface area contributed by atoms with E-state index in [-0.39, 0.29) is 11.7 Å². The average molecular weight is 458 g/mol. The van der Waals surface area contributed by atoms with Crippen LogP contribution in [-0.4, -0.2) is 5.91 Å². The van der Waals surface area contributed by atoms with Gasteiger partial charge in [0.1, 0.15) is 5.76 Å². The zero-order valence-corrected chi connectivity index (χ0v) is 15.3. The van der Waals surface area contributed by atoms with E-state index in [4.69, 9.17) is 27.6 Å². The number of benzene rings is 2. The fraction of sp³-hybridized carbons (Fsp3) is 0. The van der Waals surface area contributed by atoms with Gasteiger partial charge in [-0.3, -0.25) is 4.79 Å². The minimum atomic E-state index is -0.305. The molecule has 0 saturated heterocycles. The molecule has 6 heteroatoms. The lowest BCUT2D eigenvalue weighted by Gasteiger charge is -2.05. The number of amides is 1. The summed E-state index contributed by atoms with van der Waals surface area (Å²) in [5, 5.41) is 3.73. The predicted octanol–water partition coefficient (Wildman–Crippen LogP) is 6.11. The van der Waals surface area contributed by atoms with Crippen molar-refractivity contribution in [2.45, 2.75) is 0 Å². The second kappa shape index (κ2) is 6.95. The number of halogens is 3. The monoisotopic (exact) mass is 457 g/mol. The van der Waals surface area contributed by atoms with Crippen molar-refractivity contribution in [1.29, 1.82) is 0 Å². The Bertz CT molecular complexity index is 877. The van der Waals surface area contributed by atoms with Gasteiger partial charge in [-0.05, 0) is 65.1 Å². The van der Waals surface area contributed by atoms with Gasteiger partial charge in [-0.2, -0.15) is 0 Å². The summed E-state index contributed by atoms with van der Waals surface area (Å²) in [5.41, 5.74) is 1.50. The molecule has 0 bridgehead atoms. The summed E-state index contributed by atoms with van der Waals surface area (Å²) in [7, 11) is 0. The van der Waals surface area contributed by atoms with Crippen molar-refractivity contribution in [2.75, 3.05) is 5.32 Å². The highest BCUT2D eigenvalue weighted by Gasteiger charge is 2.14. The molecule has 1 N–H and O–H groups in total. The maximum Gasteiger partial charge on any atom is 0.291 e. The molecule has 3 nitrogen and oxygen atoms in total. The van der Waals surface area contributed by atoms with Gasteiger partial charge in [0.2, 0.25) is 0 Å². The van der Waals surface area contributed by atoms with E-state index >= 15 is 0 Å². The smallest absolute Gasteiger partial charge is 0.291 e. The van der Waals surface area contributed by atoms with E-state index in [9.17, 15) is 4.79 Å². The molecule has 116 valence electrons. The molecule has 0 unspecified atom stereocenters. The van der Waals surface area contributed by atoms with E-state index in [1.807, 2.05) is 24.3 Å². The number of furan rings is 1. The van der Waals surface area contributed by atoms with Crippen molar-refractivity contribution in [3.63, 3.8) is 0 Å². The van der Waals surface area contributed by atoms with Crippen molar-refractivity contribution in [3.05, 3.63) is 74.0 Å². The number of hydrogen-bond donors (Lipinski definition) is 1. The number of hydrogen-bond acceptors (Lipinski definition) is 2. The second-order valence-electron chi connectivity index (χ2n) is 4.73. The van der Waals surface area contributed by atoms with Crippen molar-refractivity contribution >= 4 is 57.4 Å². The molecule has 2 aromatic carbocycles. The Morgan fingerprint density at radius 1 is 1.00 bits per heavy atom. The quantitative estimate of drug-likeness (QED) is 0.482. The van der Waals surface area contributed by atoms with Gasteiger partial charge in [-0.1, -0.05) is 35.3 Å². The van der Waals surface area contributed by atoms with Crippen molar-refractivity contribution in [1.82, 2.24) is 0 Å². The zero-order valence-electron chi connectivity index (χ0n) is 11.6. The van der Waals surface area contributed by atoms with Crippen LogP contribution in [0.1, 0.15) is 10.6 Å². The summed E-state index contributed by atoms with van der Waals surface area (Å²) in [4.78, 5) is 12.3. The molecule has 23 heavy (non-hydrogen) atoms. The van der Waals surface area contributed by atoms with Crippen molar-refractivity contribution < 1.29 is 9.21 Å². The third-order valence-corrected chi connectivity index (χ3v) is 4.84. The molecule has 1 heterocycles. The largest absolute Gasteiger partial charge is 0.451 e. The van der Waals surface area contributed by atoms with E-state index in [2.05, 4.69) is 27.9 Å². The maximum absolute atomic E-state index is 12.3. The highest BCUT2D eigenvalue weighted by atomic mass is 127. The van der Waals surface area contributed by atoms with Crippen LogP contribution in [0.4, 0.5) is 5.69 Å². The Morgan fingerprint density at radius 2 is 1.78 bits per heavy atom. The molecule has 3 aromatic rings. The van der Waals surface area contributed by atoms with Crippen LogP contribution in [0, 0.1) is 3.57 Å². The minimum Gasteiger partial charge on any atom is -0.451 e. The molecular formula is C17H10Cl2INO2. The summed E-state index contributed by atoms with van der Waals surface area (Å²) in [5.74, 6) is 0.475. The van der Waals surface area contributed by atoms with E-state index in [1.54, 1.807) is 30.3 Å². The molecule has 0 radical (unpaired) electrons. The van der Waals surface area contributed by atoms with Gasteiger partial charge in [-0.25, -0.2) is 0 Å². The summed E-state index contributed by atoms with van der Waals surface area (Å²) < 4.78 is 6.58.